The van der Waals surface area contributed by atoms with E-state index in [-0.39, 0.29) is 4.90 Å². The third-order valence-corrected chi connectivity index (χ3v) is 4.42. The normalized spacial score (nSPS) is 12.0. The van der Waals surface area contributed by atoms with Crippen LogP contribution in [-0.2, 0) is 10.0 Å². The molecule has 0 unspecified atom stereocenters. The van der Waals surface area contributed by atoms with E-state index in [2.05, 4.69) is 0 Å². The number of aryl methyl sites for hydroxylation is 1. The summed E-state index contributed by atoms with van der Waals surface area (Å²) in [4.78, 5) is 0.284. The second-order valence-corrected chi connectivity index (χ2v) is 5.46. The van der Waals surface area contributed by atoms with Gasteiger partial charge in [-0.05, 0) is 24.6 Å². The van der Waals surface area contributed by atoms with Crippen LogP contribution in [0.2, 0.25) is 0 Å². The molecule has 1 rings (SSSR count). The third-order valence-electron chi connectivity index (χ3n) is 2.35. The molecule has 0 atom stereocenters. The van der Waals surface area contributed by atoms with Gasteiger partial charge in [0, 0.05) is 19.3 Å². The van der Waals surface area contributed by atoms with Crippen molar-refractivity contribution in [2.75, 3.05) is 19.3 Å². The number of anilines is 1. The number of nitrogens with two attached hydrogens (primary N) is 1. The van der Waals surface area contributed by atoms with Crippen molar-refractivity contribution in [2.24, 2.45) is 0 Å². The van der Waals surface area contributed by atoms with Crippen molar-refractivity contribution in [3.05, 3.63) is 23.8 Å². The van der Waals surface area contributed by atoms with E-state index in [1.54, 1.807) is 33.0 Å². The molecule has 0 aromatic heterocycles. The quantitative estimate of drug-likeness (QED) is 0.791. The largest absolute Gasteiger partial charge is 0.399 e. The predicted octanol–water partition coefficient (Wildman–Crippen LogP) is 1.22. The zero-order valence-electron chi connectivity index (χ0n) is 9.19. The van der Waals surface area contributed by atoms with Gasteiger partial charge >= 0.3 is 0 Å². The van der Waals surface area contributed by atoms with E-state index < -0.39 is 10.0 Å². The molecule has 0 fully saturated rings. The van der Waals surface area contributed by atoms with Gasteiger partial charge < -0.3 is 5.73 Å². The SMILES string of the molecule is CCN(C)S(=O)(=O)c1cc(N)ccc1C. The minimum atomic E-state index is -3.39. The summed E-state index contributed by atoms with van der Waals surface area (Å²) < 4.78 is 25.3. The lowest BCUT2D eigenvalue weighted by Gasteiger charge is -2.16. The van der Waals surface area contributed by atoms with Crippen molar-refractivity contribution in [1.82, 2.24) is 4.31 Å². The van der Waals surface area contributed by atoms with Crippen molar-refractivity contribution in [3.8, 4) is 0 Å². The molecule has 0 spiro atoms. The average molecular weight is 228 g/mol. The first kappa shape index (κ1) is 12.0. The molecule has 0 aliphatic rings. The summed E-state index contributed by atoms with van der Waals surface area (Å²) in [5.41, 5.74) is 6.76. The maximum absolute atomic E-state index is 12.0. The highest BCUT2D eigenvalue weighted by Crippen LogP contribution is 2.21. The average Bonchev–Trinajstić information content (AvgIpc) is 2.20. The molecular formula is C10H16N2O2S. The highest BCUT2D eigenvalue weighted by atomic mass is 32.2. The van der Waals surface area contributed by atoms with E-state index in [1.165, 1.54) is 10.4 Å². The molecule has 0 heterocycles. The van der Waals surface area contributed by atoms with Crippen LogP contribution in [0, 0.1) is 6.92 Å². The topological polar surface area (TPSA) is 63.4 Å². The summed E-state index contributed by atoms with van der Waals surface area (Å²) >= 11 is 0. The van der Waals surface area contributed by atoms with Crippen LogP contribution in [0.4, 0.5) is 5.69 Å². The van der Waals surface area contributed by atoms with Crippen LogP contribution >= 0.6 is 0 Å². The van der Waals surface area contributed by atoms with E-state index >= 15 is 0 Å². The standard InChI is InChI=1S/C10H16N2O2S/c1-4-12(3)15(13,14)10-7-9(11)6-5-8(10)2/h5-7H,4,11H2,1-3H3. The zero-order valence-corrected chi connectivity index (χ0v) is 10.0. The molecule has 1 aromatic carbocycles. The number of nitrogen functional groups attached to an aromatic ring is 1. The monoisotopic (exact) mass is 228 g/mol. The Bertz CT molecular complexity index is 454. The lowest BCUT2D eigenvalue weighted by Crippen LogP contribution is -2.27. The zero-order chi connectivity index (χ0) is 11.6. The molecule has 1 aromatic rings. The highest BCUT2D eigenvalue weighted by Gasteiger charge is 2.21. The number of hydrogen-bond acceptors (Lipinski definition) is 3. The maximum atomic E-state index is 12.0. The van der Waals surface area contributed by atoms with E-state index in [0.29, 0.717) is 17.8 Å². The first-order valence-electron chi connectivity index (χ1n) is 4.72. The Hall–Kier alpha value is -1.07. The van der Waals surface area contributed by atoms with Gasteiger partial charge in [-0.2, -0.15) is 0 Å². The molecule has 2 N–H and O–H groups in total. The predicted molar refractivity (Wildman–Crippen MR) is 61.1 cm³/mol. The molecule has 0 saturated heterocycles. The van der Waals surface area contributed by atoms with Gasteiger partial charge in [0.15, 0.2) is 0 Å². The van der Waals surface area contributed by atoms with Gasteiger partial charge in [0.25, 0.3) is 0 Å². The number of sulfonamides is 1. The fourth-order valence-corrected chi connectivity index (χ4v) is 2.67. The van der Waals surface area contributed by atoms with Crippen molar-refractivity contribution in [3.63, 3.8) is 0 Å². The molecule has 0 amide bonds. The fourth-order valence-electron chi connectivity index (χ4n) is 1.23. The van der Waals surface area contributed by atoms with Gasteiger partial charge in [-0.3, -0.25) is 0 Å². The summed E-state index contributed by atoms with van der Waals surface area (Å²) in [6.07, 6.45) is 0. The van der Waals surface area contributed by atoms with Gasteiger partial charge in [-0.15, -0.1) is 0 Å². The lowest BCUT2D eigenvalue weighted by atomic mass is 10.2. The Morgan fingerprint density at radius 2 is 2.00 bits per heavy atom. The summed E-state index contributed by atoms with van der Waals surface area (Å²) in [6.45, 7) is 3.99. The van der Waals surface area contributed by atoms with E-state index in [9.17, 15) is 8.42 Å². The number of nitrogens with zero attached hydrogens (tertiary/aromatic N) is 1. The van der Waals surface area contributed by atoms with Crippen LogP contribution in [0.3, 0.4) is 0 Å². The van der Waals surface area contributed by atoms with Crippen LogP contribution < -0.4 is 5.73 Å². The Morgan fingerprint density at radius 1 is 1.40 bits per heavy atom. The summed E-state index contributed by atoms with van der Waals surface area (Å²) in [5.74, 6) is 0. The van der Waals surface area contributed by atoms with E-state index in [1.807, 2.05) is 0 Å². The Labute approximate surface area is 90.8 Å². The van der Waals surface area contributed by atoms with Crippen LogP contribution in [0.25, 0.3) is 0 Å². The van der Waals surface area contributed by atoms with Crippen molar-refractivity contribution < 1.29 is 8.42 Å². The van der Waals surface area contributed by atoms with E-state index in [4.69, 9.17) is 5.73 Å². The second-order valence-electron chi connectivity index (χ2n) is 3.44. The van der Waals surface area contributed by atoms with E-state index in [0.717, 1.165) is 0 Å². The molecular weight excluding hydrogens is 212 g/mol. The molecule has 0 aliphatic heterocycles. The van der Waals surface area contributed by atoms with Gasteiger partial charge in [-0.1, -0.05) is 13.0 Å². The van der Waals surface area contributed by atoms with Crippen LogP contribution in [0.1, 0.15) is 12.5 Å². The van der Waals surface area contributed by atoms with Crippen LogP contribution in [0.15, 0.2) is 23.1 Å². The van der Waals surface area contributed by atoms with Crippen LogP contribution in [0.5, 0.6) is 0 Å². The summed E-state index contributed by atoms with van der Waals surface area (Å²) in [7, 11) is -1.84. The minimum Gasteiger partial charge on any atom is -0.399 e. The molecule has 0 aliphatic carbocycles. The first-order valence-corrected chi connectivity index (χ1v) is 6.16. The van der Waals surface area contributed by atoms with Crippen molar-refractivity contribution in [2.45, 2.75) is 18.7 Å². The number of benzene rings is 1. The van der Waals surface area contributed by atoms with Gasteiger partial charge in [0.1, 0.15) is 0 Å². The van der Waals surface area contributed by atoms with Crippen molar-refractivity contribution in [1.29, 1.82) is 0 Å². The molecule has 5 heteroatoms. The van der Waals surface area contributed by atoms with Crippen LogP contribution in [-0.4, -0.2) is 26.3 Å². The lowest BCUT2D eigenvalue weighted by molar-refractivity contribution is 0.486. The van der Waals surface area contributed by atoms with Gasteiger partial charge in [0.05, 0.1) is 4.90 Å². The Morgan fingerprint density at radius 3 is 2.53 bits per heavy atom. The third kappa shape index (κ3) is 2.30. The molecule has 0 radical (unpaired) electrons. The first-order chi connectivity index (χ1) is 6.89. The summed E-state index contributed by atoms with van der Waals surface area (Å²) in [5, 5.41) is 0. The van der Waals surface area contributed by atoms with Gasteiger partial charge in [-0.25, -0.2) is 12.7 Å². The molecule has 15 heavy (non-hydrogen) atoms. The summed E-state index contributed by atoms with van der Waals surface area (Å²) in [6, 6.07) is 4.91. The molecule has 4 nitrogen and oxygen atoms in total. The number of hydrogen-bond donors (Lipinski definition) is 1. The minimum absolute atomic E-state index is 0.284. The van der Waals surface area contributed by atoms with Crippen molar-refractivity contribution >= 4 is 15.7 Å². The Kier molecular flexibility index (Phi) is 3.36. The Balaban J connectivity index is 3.33. The smallest absolute Gasteiger partial charge is 0.243 e. The second kappa shape index (κ2) is 4.20. The molecule has 84 valence electrons. The van der Waals surface area contributed by atoms with Gasteiger partial charge in [0.2, 0.25) is 10.0 Å². The number of rotatable bonds is 3. The maximum Gasteiger partial charge on any atom is 0.243 e. The molecule has 0 saturated carbocycles. The fraction of sp³-hybridized carbons (Fsp3) is 0.400. The molecule has 0 bridgehead atoms. The highest BCUT2D eigenvalue weighted by molar-refractivity contribution is 7.89.